The molecule has 2 aromatic rings. The molecule has 0 radical (unpaired) electrons. The third-order valence-corrected chi connectivity index (χ3v) is 4.74. The third kappa shape index (κ3) is 3.60. The number of aromatic nitrogens is 2. The summed E-state index contributed by atoms with van der Waals surface area (Å²) in [6, 6.07) is 2.97. The second-order valence-corrected chi connectivity index (χ2v) is 6.66. The van der Waals surface area contributed by atoms with Crippen molar-refractivity contribution < 1.29 is 0 Å². The minimum atomic E-state index is 0.813. The molecule has 0 spiro atoms. The Morgan fingerprint density at radius 3 is 2.94 bits per heavy atom. The Kier molecular flexibility index (Phi) is 4.02. The van der Waals surface area contributed by atoms with Crippen LogP contribution in [0.5, 0.6) is 0 Å². The van der Waals surface area contributed by atoms with E-state index >= 15 is 0 Å². The highest BCUT2D eigenvalue weighted by Gasteiger charge is 2.19. The van der Waals surface area contributed by atoms with Crippen LogP contribution in [-0.2, 0) is 12.8 Å². The van der Waals surface area contributed by atoms with E-state index in [1.807, 2.05) is 0 Å². The van der Waals surface area contributed by atoms with Crippen LogP contribution in [0.4, 0.5) is 0 Å². The number of aryl methyl sites for hydroxylation is 1. The first-order valence-electron chi connectivity index (χ1n) is 6.46. The minimum absolute atomic E-state index is 0.813. The highest BCUT2D eigenvalue weighted by atomic mass is 32.1. The molecule has 18 heavy (non-hydrogen) atoms. The molecule has 0 unspecified atom stereocenters. The van der Waals surface area contributed by atoms with Gasteiger partial charge in [-0.2, -0.15) is 11.3 Å². The lowest BCUT2D eigenvalue weighted by atomic mass is 10.3. The fourth-order valence-corrected chi connectivity index (χ4v) is 3.45. The number of nitrogens with zero attached hydrogens (tertiary/aromatic N) is 2. The Balaban J connectivity index is 1.43. The van der Waals surface area contributed by atoms with E-state index in [2.05, 4.69) is 32.3 Å². The standard InChI is InChI=1S/C13H17N3S2/c1(6-14-11-3-4-11)2-12-15-16-13(18-12)8-10-5-7-17-9-10/h5,7,9,11,14H,1-4,6,8H2. The van der Waals surface area contributed by atoms with E-state index < -0.39 is 0 Å². The van der Waals surface area contributed by atoms with Crippen molar-refractivity contribution in [2.24, 2.45) is 0 Å². The minimum Gasteiger partial charge on any atom is -0.314 e. The monoisotopic (exact) mass is 279 g/mol. The summed E-state index contributed by atoms with van der Waals surface area (Å²) in [6.07, 6.45) is 5.89. The fraction of sp³-hybridized carbons (Fsp3) is 0.538. The molecule has 2 aromatic heterocycles. The molecule has 1 aliphatic rings. The zero-order chi connectivity index (χ0) is 12.2. The summed E-state index contributed by atoms with van der Waals surface area (Å²) in [5.74, 6) is 0. The molecule has 0 bridgehead atoms. The molecule has 96 valence electrons. The van der Waals surface area contributed by atoms with Crippen LogP contribution in [0, 0.1) is 0 Å². The largest absolute Gasteiger partial charge is 0.314 e. The SMILES string of the molecule is c1cc(Cc2nnc(CCCNC3CC3)s2)cs1. The summed E-state index contributed by atoms with van der Waals surface area (Å²) in [6.45, 7) is 1.12. The lowest BCUT2D eigenvalue weighted by molar-refractivity contribution is 0.643. The molecular weight excluding hydrogens is 262 g/mol. The molecule has 0 aromatic carbocycles. The Morgan fingerprint density at radius 2 is 2.17 bits per heavy atom. The van der Waals surface area contributed by atoms with Gasteiger partial charge in [0.05, 0.1) is 0 Å². The summed E-state index contributed by atoms with van der Waals surface area (Å²) < 4.78 is 0. The van der Waals surface area contributed by atoms with Gasteiger partial charge >= 0.3 is 0 Å². The van der Waals surface area contributed by atoms with Gasteiger partial charge in [0.2, 0.25) is 0 Å². The molecule has 1 N–H and O–H groups in total. The van der Waals surface area contributed by atoms with Gasteiger partial charge in [-0.3, -0.25) is 0 Å². The van der Waals surface area contributed by atoms with Crippen molar-refractivity contribution in [3.05, 3.63) is 32.4 Å². The van der Waals surface area contributed by atoms with Gasteiger partial charge in [0, 0.05) is 18.9 Å². The van der Waals surface area contributed by atoms with Crippen LogP contribution in [0.1, 0.15) is 34.8 Å². The predicted molar refractivity (Wildman–Crippen MR) is 76.4 cm³/mol. The zero-order valence-electron chi connectivity index (χ0n) is 10.3. The van der Waals surface area contributed by atoms with Crippen molar-refractivity contribution in [1.82, 2.24) is 15.5 Å². The smallest absolute Gasteiger partial charge is 0.121 e. The third-order valence-electron chi connectivity index (χ3n) is 3.02. The maximum atomic E-state index is 4.27. The van der Waals surface area contributed by atoms with Crippen LogP contribution >= 0.6 is 22.7 Å². The van der Waals surface area contributed by atoms with Gasteiger partial charge in [0.25, 0.3) is 0 Å². The lowest BCUT2D eigenvalue weighted by Gasteiger charge is -1.99. The summed E-state index contributed by atoms with van der Waals surface area (Å²) in [4.78, 5) is 0. The second-order valence-electron chi connectivity index (χ2n) is 4.73. The van der Waals surface area contributed by atoms with Crippen molar-refractivity contribution in [3.63, 3.8) is 0 Å². The summed E-state index contributed by atoms with van der Waals surface area (Å²) in [5, 5.41) is 18.7. The lowest BCUT2D eigenvalue weighted by Crippen LogP contribution is -2.17. The first-order chi connectivity index (χ1) is 8.90. The van der Waals surface area contributed by atoms with Crippen LogP contribution in [0.3, 0.4) is 0 Å². The fourth-order valence-electron chi connectivity index (χ4n) is 1.86. The molecular formula is C13H17N3S2. The van der Waals surface area contributed by atoms with Crippen LogP contribution in [0.2, 0.25) is 0 Å². The quantitative estimate of drug-likeness (QED) is 0.792. The van der Waals surface area contributed by atoms with Crippen LogP contribution in [0.25, 0.3) is 0 Å². The molecule has 0 saturated heterocycles. The van der Waals surface area contributed by atoms with E-state index in [4.69, 9.17) is 0 Å². The van der Waals surface area contributed by atoms with Crippen molar-refractivity contribution in [2.45, 2.75) is 38.1 Å². The van der Waals surface area contributed by atoms with Gasteiger partial charge in [-0.15, -0.1) is 21.5 Å². The van der Waals surface area contributed by atoms with Crippen molar-refractivity contribution in [2.75, 3.05) is 6.54 Å². The highest BCUT2D eigenvalue weighted by molar-refractivity contribution is 7.11. The van der Waals surface area contributed by atoms with Crippen molar-refractivity contribution in [3.8, 4) is 0 Å². The molecule has 3 nitrogen and oxygen atoms in total. The Labute approximate surface area is 115 Å². The van der Waals surface area contributed by atoms with E-state index in [-0.39, 0.29) is 0 Å². The number of hydrogen-bond acceptors (Lipinski definition) is 5. The molecule has 1 saturated carbocycles. The average molecular weight is 279 g/mol. The Morgan fingerprint density at radius 1 is 1.28 bits per heavy atom. The molecule has 5 heteroatoms. The first kappa shape index (κ1) is 12.3. The van der Waals surface area contributed by atoms with Crippen LogP contribution in [-0.4, -0.2) is 22.8 Å². The van der Waals surface area contributed by atoms with Crippen molar-refractivity contribution >= 4 is 22.7 Å². The molecule has 0 amide bonds. The number of rotatable bonds is 7. The zero-order valence-corrected chi connectivity index (χ0v) is 11.9. The Bertz CT molecular complexity index is 474. The summed E-state index contributed by atoms with van der Waals surface area (Å²) >= 11 is 3.50. The first-order valence-corrected chi connectivity index (χ1v) is 8.22. The van der Waals surface area contributed by atoms with Gasteiger partial charge in [-0.05, 0) is 48.2 Å². The summed E-state index contributed by atoms with van der Waals surface area (Å²) in [7, 11) is 0. The molecule has 0 atom stereocenters. The molecule has 1 fully saturated rings. The second kappa shape index (κ2) is 5.91. The summed E-state index contributed by atoms with van der Waals surface area (Å²) in [5.41, 5.74) is 1.35. The molecule has 1 aliphatic carbocycles. The van der Waals surface area contributed by atoms with Crippen LogP contribution < -0.4 is 5.32 Å². The molecule has 3 rings (SSSR count). The predicted octanol–water partition coefficient (Wildman–Crippen LogP) is 2.88. The highest BCUT2D eigenvalue weighted by Crippen LogP contribution is 2.19. The van der Waals surface area contributed by atoms with Crippen molar-refractivity contribution in [1.29, 1.82) is 0 Å². The Hall–Kier alpha value is -0.780. The van der Waals surface area contributed by atoms with Gasteiger partial charge in [-0.1, -0.05) is 0 Å². The molecule has 2 heterocycles. The van der Waals surface area contributed by atoms with E-state index in [0.717, 1.165) is 30.4 Å². The van der Waals surface area contributed by atoms with E-state index in [1.165, 1.54) is 29.8 Å². The maximum absolute atomic E-state index is 4.27. The van der Waals surface area contributed by atoms with Crippen LogP contribution in [0.15, 0.2) is 16.8 Å². The van der Waals surface area contributed by atoms with Gasteiger partial charge < -0.3 is 5.32 Å². The van der Waals surface area contributed by atoms with E-state index in [1.54, 1.807) is 22.7 Å². The van der Waals surface area contributed by atoms with Gasteiger partial charge in [-0.25, -0.2) is 0 Å². The van der Waals surface area contributed by atoms with Gasteiger partial charge in [0.1, 0.15) is 10.0 Å². The van der Waals surface area contributed by atoms with E-state index in [9.17, 15) is 0 Å². The average Bonchev–Trinajstić information content (AvgIpc) is 2.88. The topological polar surface area (TPSA) is 37.8 Å². The molecule has 0 aliphatic heterocycles. The number of thiophene rings is 1. The normalized spacial score (nSPS) is 15.1. The maximum Gasteiger partial charge on any atom is 0.121 e. The number of nitrogens with one attached hydrogen (secondary N) is 1. The van der Waals surface area contributed by atoms with Gasteiger partial charge in [0.15, 0.2) is 0 Å². The number of hydrogen-bond donors (Lipinski definition) is 1. The van der Waals surface area contributed by atoms with E-state index in [0.29, 0.717) is 0 Å².